The zero-order chi connectivity index (χ0) is 22.2. The van der Waals surface area contributed by atoms with Crippen LogP contribution in [0.5, 0.6) is 0 Å². The quantitative estimate of drug-likeness (QED) is 0.204. The average molecular weight is 436 g/mol. The largest absolute Gasteiger partial charge is 0.410 e. The molecule has 1 heterocycles. The lowest BCUT2D eigenvalue weighted by atomic mass is 10.0. The monoisotopic (exact) mass is 435 g/mol. The van der Waals surface area contributed by atoms with E-state index in [1.54, 1.807) is 11.3 Å². The summed E-state index contributed by atoms with van der Waals surface area (Å²) in [5, 5.41) is 3.37. The third-order valence-electron chi connectivity index (χ3n) is 5.91. The summed E-state index contributed by atoms with van der Waals surface area (Å²) in [6.07, 6.45) is 9.57. The molecule has 1 aromatic heterocycles. The van der Waals surface area contributed by atoms with Crippen molar-refractivity contribution in [3.63, 3.8) is 0 Å². The minimum atomic E-state index is -1.89. The van der Waals surface area contributed by atoms with Crippen molar-refractivity contribution < 1.29 is 9.22 Å². The van der Waals surface area contributed by atoms with Crippen LogP contribution in [0, 0.1) is 12.8 Å². The standard InChI is InChI=1S/C24H41NO2SSi/c1-18(11-10-12-19(2)16-26)13-14-23(27-29(8,9)24(5,6)7)20(3)15-22-17-28-21(4)25-22/h13,15-17,19,23H,10-12,14H2,1-9H3/b18-13-,20-15+/t19?,23-/m0/s1. The number of allylic oxidation sites excluding steroid dienone is 1. The minimum Gasteiger partial charge on any atom is -0.410 e. The lowest BCUT2D eigenvalue weighted by Crippen LogP contribution is -2.44. The van der Waals surface area contributed by atoms with Crippen LogP contribution in [0.4, 0.5) is 0 Å². The molecule has 0 aromatic carbocycles. The van der Waals surface area contributed by atoms with E-state index < -0.39 is 8.32 Å². The van der Waals surface area contributed by atoms with E-state index in [2.05, 4.69) is 70.2 Å². The Morgan fingerprint density at radius 3 is 2.48 bits per heavy atom. The number of hydrogen-bond donors (Lipinski definition) is 0. The third kappa shape index (κ3) is 9.10. The molecular weight excluding hydrogens is 394 g/mol. The van der Waals surface area contributed by atoms with Crippen molar-refractivity contribution >= 4 is 32.0 Å². The van der Waals surface area contributed by atoms with Crippen molar-refractivity contribution in [3.05, 3.63) is 33.3 Å². The van der Waals surface area contributed by atoms with Crippen LogP contribution < -0.4 is 0 Å². The lowest BCUT2D eigenvalue weighted by Gasteiger charge is -2.39. The molecule has 0 bridgehead atoms. The van der Waals surface area contributed by atoms with E-state index in [0.717, 1.165) is 42.7 Å². The van der Waals surface area contributed by atoms with Gasteiger partial charge in [-0.25, -0.2) is 4.98 Å². The van der Waals surface area contributed by atoms with Gasteiger partial charge in [-0.3, -0.25) is 0 Å². The Bertz CT molecular complexity index is 713. The summed E-state index contributed by atoms with van der Waals surface area (Å²) in [6.45, 7) is 19.9. The van der Waals surface area contributed by atoms with Gasteiger partial charge in [0.25, 0.3) is 0 Å². The van der Waals surface area contributed by atoms with E-state index in [-0.39, 0.29) is 17.1 Å². The molecule has 0 aliphatic carbocycles. The molecule has 3 nitrogen and oxygen atoms in total. The first-order chi connectivity index (χ1) is 13.4. The fraction of sp³-hybridized carbons (Fsp3) is 0.667. The van der Waals surface area contributed by atoms with Gasteiger partial charge in [0.15, 0.2) is 8.32 Å². The first-order valence-electron chi connectivity index (χ1n) is 10.7. The highest BCUT2D eigenvalue weighted by Gasteiger charge is 2.39. The number of aromatic nitrogens is 1. The number of aldehydes is 1. The second-order valence-electron chi connectivity index (χ2n) is 9.84. The highest BCUT2D eigenvalue weighted by molar-refractivity contribution is 7.09. The molecule has 0 N–H and O–H groups in total. The Balaban J connectivity index is 2.94. The number of rotatable bonds is 11. The van der Waals surface area contributed by atoms with E-state index in [1.807, 2.05) is 13.8 Å². The molecular formula is C24H41NO2SSi. The van der Waals surface area contributed by atoms with Crippen molar-refractivity contribution in [1.82, 2.24) is 4.98 Å². The maximum atomic E-state index is 10.8. The molecule has 2 atom stereocenters. The SMILES string of the molecule is C/C(=C/C[C@H](O[Si](C)(C)C(C)(C)C)/C(C)=C/c1csc(C)n1)CCCC(C)C=O. The van der Waals surface area contributed by atoms with Gasteiger partial charge in [0.2, 0.25) is 0 Å². The van der Waals surface area contributed by atoms with Crippen molar-refractivity contribution in [1.29, 1.82) is 0 Å². The Kier molecular flexibility index (Phi) is 10.2. The highest BCUT2D eigenvalue weighted by atomic mass is 32.1. The highest BCUT2D eigenvalue weighted by Crippen LogP contribution is 2.38. The van der Waals surface area contributed by atoms with Crippen LogP contribution in [0.25, 0.3) is 6.08 Å². The molecule has 0 saturated carbocycles. The van der Waals surface area contributed by atoms with Gasteiger partial charge in [-0.15, -0.1) is 11.3 Å². The Hall–Kier alpha value is -1.04. The molecule has 1 rings (SSSR count). The summed E-state index contributed by atoms with van der Waals surface area (Å²) in [4.78, 5) is 15.4. The van der Waals surface area contributed by atoms with E-state index in [0.29, 0.717) is 0 Å². The van der Waals surface area contributed by atoms with Gasteiger partial charge in [0.1, 0.15) is 6.29 Å². The van der Waals surface area contributed by atoms with Gasteiger partial charge in [0, 0.05) is 11.3 Å². The molecule has 0 aliphatic rings. The average Bonchev–Trinajstić information content (AvgIpc) is 3.01. The lowest BCUT2D eigenvalue weighted by molar-refractivity contribution is -0.110. The van der Waals surface area contributed by atoms with E-state index >= 15 is 0 Å². The summed E-state index contributed by atoms with van der Waals surface area (Å²) >= 11 is 1.68. The number of carbonyl (C=O) groups excluding carboxylic acids is 1. The summed E-state index contributed by atoms with van der Waals surface area (Å²) in [6, 6.07) is 0. The molecule has 5 heteroatoms. The number of carbonyl (C=O) groups is 1. The van der Waals surface area contributed by atoms with Crippen LogP contribution in [0.15, 0.2) is 22.6 Å². The van der Waals surface area contributed by atoms with Gasteiger partial charge in [0.05, 0.1) is 16.8 Å². The van der Waals surface area contributed by atoms with Crippen LogP contribution >= 0.6 is 11.3 Å². The third-order valence-corrected chi connectivity index (χ3v) is 11.2. The van der Waals surface area contributed by atoms with Gasteiger partial charge < -0.3 is 9.22 Å². The molecule has 0 radical (unpaired) electrons. The van der Waals surface area contributed by atoms with Crippen molar-refractivity contribution in [2.24, 2.45) is 5.92 Å². The Morgan fingerprint density at radius 1 is 1.31 bits per heavy atom. The van der Waals surface area contributed by atoms with Crippen molar-refractivity contribution in [2.45, 2.75) is 98.4 Å². The zero-order valence-corrected chi connectivity index (χ0v) is 21.8. The molecule has 0 fully saturated rings. The van der Waals surface area contributed by atoms with Crippen LogP contribution in [0.2, 0.25) is 18.1 Å². The molecule has 1 aromatic rings. The fourth-order valence-electron chi connectivity index (χ4n) is 2.81. The van der Waals surface area contributed by atoms with Crippen LogP contribution in [0.3, 0.4) is 0 Å². The van der Waals surface area contributed by atoms with Gasteiger partial charge in [-0.1, -0.05) is 39.3 Å². The number of hydrogen-bond acceptors (Lipinski definition) is 4. The van der Waals surface area contributed by atoms with Gasteiger partial charge in [-0.05, 0) is 76.2 Å². The van der Waals surface area contributed by atoms with Crippen LogP contribution in [-0.4, -0.2) is 25.7 Å². The predicted molar refractivity (Wildman–Crippen MR) is 130 cm³/mol. The number of nitrogens with zero attached hydrogens (tertiary/aromatic N) is 1. The number of aryl methyl sites for hydroxylation is 1. The molecule has 0 aliphatic heterocycles. The van der Waals surface area contributed by atoms with Crippen molar-refractivity contribution in [3.8, 4) is 0 Å². The summed E-state index contributed by atoms with van der Waals surface area (Å²) in [5.41, 5.74) is 3.64. The molecule has 1 unspecified atom stereocenters. The topological polar surface area (TPSA) is 39.2 Å². The maximum Gasteiger partial charge on any atom is 0.192 e. The molecule has 0 spiro atoms. The predicted octanol–water partition coefficient (Wildman–Crippen LogP) is 7.59. The molecule has 0 amide bonds. The second-order valence-corrected chi connectivity index (χ2v) is 15.7. The number of thiazole rings is 1. The molecule has 164 valence electrons. The van der Waals surface area contributed by atoms with E-state index in [9.17, 15) is 4.79 Å². The summed E-state index contributed by atoms with van der Waals surface area (Å²) in [5.74, 6) is 0.157. The maximum absolute atomic E-state index is 10.8. The van der Waals surface area contributed by atoms with Gasteiger partial charge >= 0.3 is 0 Å². The van der Waals surface area contributed by atoms with E-state index in [1.165, 1.54) is 11.1 Å². The molecule has 0 saturated heterocycles. The van der Waals surface area contributed by atoms with E-state index in [4.69, 9.17) is 4.43 Å². The first-order valence-corrected chi connectivity index (χ1v) is 14.5. The summed E-state index contributed by atoms with van der Waals surface area (Å²) in [7, 11) is -1.89. The van der Waals surface area contributed by atoms with Gasteiger partial charge in [-0.2, -0.15) is 0 Å². The Morgan fingerprint density at radius 2 is 1.97 bits per heavy atom. The first kappa shape index (κ1) is 26.0. The smallest absolute Gasteiger partial charge is 0.192 e. The van der Waals surface area contributed by atoms with Crippen molar-refractivity contribution in [2.75, 3.05) is 0 Å². The normalized spacial score (nSPS) is 16.0. The molecule has 29 heavy (non-hydrogen) atoms. The second kappa shape index (κ2) is 11.4. The minimum absolute atomic E-state index is 0.0711. The van der Waals surface area contributed by atoms with Crippen LogP contribution in [-0.2, 0) is 9.22 Å². The zero-order valence-electron chi connectivity index (χ0n) is 20.0. The Labute approximate surface area is 183 Å². The summed E-state index contributed by atoms with van der Waals surface area (Å²) < 4.78 is 6.81. The van der Waals surface area contributed by atoms with Crippen LogP contribution in [0.1, 0.15) is 77.9 Å². The fourth-order valence-corrected chi connectivity index (χ4v) is 4.73.